The highest BCUT2D eigenvalue weighted by atomic mass is 79.9. The molecule has 0 bridgehead atoms. The number of aryl methyl sites for hydroxylation is 2. The third kappa shape index (κ3) is 3.74. The summed E-state index contributed by atoms with van der Waals surface area (Å²) in [6.07, 6.45) is 0. The number of rotatable bonds is 4. The van der Waals surface area contributed by atoms with Crippen LogP contribution in [0.15, 0.2) is 34.8 Å². The van der Waals surface area contributed by atoms with Crippen molar-refractivity contribution in [1.29, 1.82) is 0 Å². The molecule has 0 heterocycles. The van der Waals surface area contributed by atoms with Crippen LogP contribution in [0.2, 0.25) is 5.02 Å². The number of halogens is 2. The van der Waals surface area contributed by atoms with Crippen molar-refractivity contribution in [2.24, 2.45) is 0 Å². The predicted molar refractivity (Wildman–Crippen MR) is 89.0 cm³/mol. The number of nitro benzene ring substituents is 1. The van der Waals surface area contributed by atoms with Crippen molar-refractivity contribution in [2.75, 3.05) is 5.32 Å². The van der Waals surface area contributed by atoms with Crippen LogP contribution in [0, 0.1) is 24.0 Å². The van der Waals surface area contributed by atoms with Gasteiger partial charge in [0.2, 0.25) is 0 Å². The van der Waals surface area contributed by atoms with Gasteiger partial charge in [-0.2, -0.15) is 0 Å². The van der Waals surface area contributed by atoms with Gasteiger partial charge in [-0.05, 0) is 48.7 Å². The molecular weight excluding hydrogens is 356 g/mol. The first-order valence-corrected chi connectivity index (χ1v) is 7.49. The molecule has 0 radical (unpaired) electrons. The van der Waals surface area contributed by atoms with E-state index in [0.29, 0.717) is 11.6 Å². The number of nitrogens with zero attached hydrogens (tertiary/aromatic N) is 1. The summed E-state index contributed by atoms with van der Waals surface area (Å²) in [7, 11) is 0. The van der Waals surface area contributed by atoms with E-state index >= 15 is 0 Å². The fourth-order valence-corrected chi connectivity index (χ4v) is 3.09. The maximum Gasteiger partial charge on any atom is 0.270 e. The second-order valence-corrected chi connectivity index (χ2v) is 6.12. The predicted octanol–water partition coefficient (Wildman–Crippen LogP) is 5.24. The van der Waals surface area contributed by atoms with Crippen molar-refractivity contribution in [1.82, 2.24) is 0 Å². The van der Waals surface area contributed by atoms with E-state index in [0.717, 1.165) is 26.9 Å². The molecule has 0 aliphatic heterocycles. The second kappa shape index (κ2) is 6.45. The third-order valence-electron chi connectivity index (χ3n) is 3.20. The number of nitrogens with one attached hydrogen (secondary N) is 1. The van der Waals surface area contributed by atoms with E-state index < -0.39 is 4.92 Å². The molecular formula is C15H14BrClN2O2. The Kier molecular flexibility index (Phi) is 4.85. The highest BCUT2D eigenvalue weighted by Crippen LogP contribution is 2.27. The van der Waals surface area contributed by atoms with Crippen molar-refractivity contribution in [3.05, 3.63) is 66.6 Å². The third-order valence-corrected chi connectivity index (χ3v) is 4.01. The van der Waals surface area contributed by atoms with Gasteiger partial charge in [0.05, 0.1) is 9.95 Å². The molecule has 6 heteroatoms. The monoisotopic (exact) mass is 368 g/mol. The topological polar surface area (TPSA) is 55.2 Å². The van der Waals surface area contributed by atoms with Crippen LogP contribution in [0.3, 0.4) is 0 Å². The highest BCUT2D eigenvalue weighted by Gasteiger charge is 2.10. The smallest absolute Gasteiger partial charge is 0.270 e. The van der Waals surface area contributed by atoms with Gasteiger partial charge in [0, 0.05) is 28.8 Å². The summed E-state index contributed by atoms with van der Waals surface area (Å²) in [5, 5.41) is 14.4. The van der Waals surface area contributed by atoms with Crippen LogP contribution in [-0.2, 0) is 6.54 Å². The zero-order valence-corrected chi connectivity index (χ0v) is 14.0. The summed E-state index contributed by atoms with van der Waals surface area (Å²) in [4.78, 5) is 10.2. The molecule has 1 N–H and O–H groups in total. The number of benzene rings is 2. The van der Waals surface area contributed by atoms with Crippen LogP contribution in [0.4, 0.5) is 11.4 Å². The van der Waals surface area contributed by atoms with Crippen molar-refractivity contribution >= 4 is 38.9 Å². The van der Waals surface area contributed by atoms with Gasteiger partial charge in [-0.1, -0.05) is 27.5 Å². The zero-order chi connectivity index (χ0) is 15.6. The number of nitro groups is 1. The lowest BCUT2D eigenvalue weighted by Crippen LogP contribution is -2.04. The van der Waals surface area contributed by atoms with E-state index in [-0.39, 0.29) is 5.69 Å². The van der Waals surface area contributed by atoms with Crippen LogP contribution in [0.1, 0.15) is 16.7 Å². The average molecular weight is 370 g/mol. The largest absolute Gasteiger partial charge is 0.380 e. The molecule has 0 amide bonds. The fraction of sp³-hybridized carbons (Fsp3) is 0.200. The van der Waals surface area contributed by atoms with Crippen molar-refractivity contribution in [3.8, 4) is 0 Å². The number of hydrogen-bond donors (Lipinski definition) is 1. The van der Waals surface area contributed by atoms with E-state index in [4.69, 9.17) is 11.6 Å². The molecule has 0 fully saturated rings. The Bertz CT molecular complexity index is 681. The Morgan fingerprint density at radius 3 is 2.38 bits per heavy atom. The average Bonchev–Trinajstić information content (AvgIpc) is 2.38. The number of anilines is 1. The van der Waals surface area contributed by atoms with Gasteiger partial charge in [-0.25, -0.2) is 0 Å². The van der Waals surface area contributed by atoms with Gasteiger partial charge in [0.15, 0.2) is 0 Å². The molecule has 0 aliphatic carbocycles. The summed E-state index contributed by atoms with van der Waals surface area (Å²) in [6, 6.07) is 8.58. The lowest BCUT2D eigenvalue weighted by Gasteiger charge is -2.14. The summed E-state index contributed by atoms with van der Waals surface area (Å²) in [5.41, 5.74) is 4.12. The first-order valence-electron chi connectivity index (χ1n) is 6.32. The minimum Gasteiger partial charge on any atom is -0.380 e. The van der Waals surface area contributed by atoms with Crippen LogP contribution in [0.25, 0.3) is 0 Å². The lowest BCUT2D eigenvalue weighted by atomic mass is 10.1. The van der Waals surface area contributed by atoms with Crippen molar-refractivity contribution in [2.45, 2.75) is 20.4 Å². The zero-order valence-electron chi connectivity index (χ0n) is 11.6. The molecule has 0 saturated carbocycles. The normalized spacial score (nSPS) is 10.5. The van der Waals surface area contributed by atoms with Crippen LogP contribution in [0.5, 0.6) is 0 Å². The molecule has 2 rings (SSSR count). The van der Waals surface area contributed by atoms with Crippen LogP contribution >= 0.6 is 27.5 Å². The Balaban J connectivity index is 2.19. The van der Waals surface area contributed by atoms with Gasteiger partial charge >= 0.3 is 0 Å². The van der Waals surface area contributed by atoms with Crippen molar-refractivity contribution < 1.29 is 4.92 Å². The Morgan fingerprint density at radius 1 is 1.24 bits per heavy atom. The molecule has 4 nitrogen and oxygen atoms in total. The molecule has 0 atom stereocenters. The minimum atomic E-state index is -0.452. The standard InChI is InChI=1S/C15H14BrClN2O2/c1-9-5-12(16)6-10(2)15(9)18-8-11-3-4-13(19(20)21)7-14(11)17/h3-7,18H,8H2,1-2H3. The van der Waals surface area contributed by atoms with Crippen molar-refractivity contribution in [3.63, 3.8) is 0 Å². The van der Waals surface area contributed by atoms with Gasteiger partial charge in [-0.15, -0.1) is 0 Å². The van der Waals surface area contributed by atoms with Gasteiger partial charge in [-0.3, -0.25) is 10.1 Å². The Morgan fingerprint density at radius 2 is 1.86 bits per heavy atom. The number of hydrogen-bond acceptors (Lipinski definition) is 3. The lowest BCUT2D eigenvalue weighted by molar-refractivity contribution is -0.384. The molecule has 0 saturated heterocycles. The van der Waals surface area contributed by atoms with E-state index in [1.54, 1.807) is 6.07 Å². The fourth-order valence-electron chi connectivity index (χ4n) is 2.17. The summed E-state index contributed by atoms with van der Waals surface area (Å²) >= 11 is 9.56. The molecule has 2 aromatic rings. The van der Waals surface area contributed by atoms with Crippen LogP contribution < -0.4 is 5.32 Å². The second-order valence-electron chi connectivity index (χ2n) is 4.80. The first-order chi connectivity index (χ1) is 9.88. The molecule has 0 aromatic heterocycles. The number of non-ortho nitro benzene ring substituents is 1. The Labute approximate surface area is 136 Å². The van der Waals surface area contributed by atoms with Gasteiger partial charge < -0.3 is 5.32 Å². The highest BCUT2D eigenvalue weighted by molar-refractivity contribution is 9.10. The molecule has 0 spiro atoms. The maximum absolute atomic E-state index is 10.7. The summed E-state index contributed by atoms with van der Waals surface area (Å²) in [5.74, 6) is 0. The molecule has 110 valence electrons. The first kappa shape index (κ1) is 15.8. The Hall–Kier alpha value is -1.59. The quantitative estimate of drug-likeness (QED) is 0.592. The van der Waals surface area contributed by atoms with Crippen LogP contribution in [-0.4, -0.2) is 4.92 Å². The van der Waals surface area contributed by atoms with Gasteiger partial charge in [0.25, 0.3) is 5.69 Å². The van der Waals surface area contributed by atoms with Gasteiger partial charge in [0.1, 0.15) is 0 Å². The van der Waals surface area contributed by atoms with E-state index in [1.165, 1.54) is 12.1 Å². The van der Waals surface area contributed by atoms with E-state index in [1.807, 2.05) is 26.0 Å². The van der Waals surface area contributed by atoms with E-state index in [9.17, 15) is 10.1 Å². The molecule has 0 unspecified atom stereocenters. The summed E-state index contributed by atoms with van der Waals surface area (Å²) in [6.45, 7) is 4.56. The SMILES string of the molecule is Cc1cc(Br)cc(C)c1NCc1ccc([N+](=O)[O-])cc1Cl. The minimum absolute atomic E-state index is 0.000229. The molecule has 21 heavy (non-hydrogen) atoms. The maximum atomic E-state index is 10.7. The molecule has 2 aromatic carbocycles. The molecule has 0 aliphatic rings. The van der Waals surface area contributed by atoms with E-state index in [2.05, 4.69) is 21.2 Å². The summed E-state index contributed by atoms with van der Waals surface area (Å²) < 4.78 is 1.04.